The number of carbonyl (C=O) groups excluding carboxylic acids is 2. The van der Waals surface area contributed by atoms with Crippen molar-refractivity contribution in [1.29, 1.82) is 0 Å². The summed E-state index contributed by atoms with van der Waals surface area (Å²) in [6, 6.07) is 0.229. The number of nitrogens with one attached hydrogen (secondary N) is 2. The molecule has 8 heteroatoms. The lowest BCUT2D eigenvalue weighted by atomic mass is 10.0. The summed E-state index contributed by atoms with van der Waals surface area (Å²) in [6.45, 7) is 1.88. The van der Waals surface area contributed by atoms with Gasteiger partial charge in [-0.05, 0) is 31.4 Å². The first-order valence-electron chi connectivity index (χ1n) is 8.28. The van der Waals surface area contributed by atoms with Crippen molar-refractivity contribution in [1.82, 2.24) is 25.2 Å². The van der Waals surface area contributed by atoms with Crippen molar-refractivity contribution in [3.8, 4) is 0 Å². The summed E-state index contributed by atoms with van der Waals surface area (Å²) in [4.78, 5) is 27.2. The van der Waals surface area contributed by atoms with E-state index in [1.165, 1.54) is 12.5 Å². The Morgan fingerprint density at radius 1 is 1.42 bits per heavy atom. The number of amides is 2. The minimum Gasteiger partial charge on any atom is -0.382 e. The molecule has 0 aromatic carbocycles. The number of anilines is 1. The van der Waals surface area contributed by atoms with Gasteiger partial charge in [-0.25, -0.2) is 9.50 Å². The van der Waals surface area contributed by atoms with E-state index < -0.39 is 0 Å². The fourth-order valence-electron chi connectivity index (χ4n) is 2.64. The van der Waals surface area contributed by atoms with Gasteiger partial charge in [0.1, 0.15) is 11.8 Å². The van der Waals surface area contributed by atoms with Gasteiger partial charge in [0.25, 0.3) is 5.91 Å². The van der Waals surface area contributed by atoms with Gasteiger partial charge >= 0.3 is 0 Å². The third kappa shape index (κ3) is 3.64. The van der Waals surface area contributed by atoms with Crippen molar-refractivity contribution in [2.75, 3.05) is 5.73 Å². The van der Waals surface area contributed by atoms with E-state index >= 15 is 0 Å². The molecule has 4 N–H and O–H groups in total. The Morgan fingerprint density at radius 2 is 2.23 bits per heavy atom. The highest BCUT2D eigenvalue weighted by molar-refractivity contribution is 6.05. The highest BCUT2D eigenvalue weighted by Crippen LogP contribution is 2.30. The van der Waals surface area contributed by atoms with Crippen LogP contribution in [0.1, 0.15) is 35.7 Å². The van der Waals surface area contributed by atoms with Crippen LogP contribution < -0.4 is 16.4 Å². The number of hydrogen-bond acceptors (Lipinski definition) is 5. The summed E-state index contributed by atoms with van der Waals surface area (Å²) in [5, 5.41) is 9.61. The van der Waals surface area contributed by atoms with Crippen LogP contribution in [0, 0.1) is 0 Å². The Balaban J connectivity index is 2.15. The van der Waals surface area contributed by atoms with Gasteiger partial charge in [-0.2, -0.15) is 5.10 Å². The number of aromatic nitrogens is 3. The minimum absolute atomic E-state index is 0.169. The molecule has 26 heavy (non-hydrogen) atoms. The average molecular weight is 352 g/mol. The molecule has 134 valence electrons. The van der Waals surface area contributed by atoms with Crippen LogP contribution in [0.25, 0.3) is 11.1 Å². The molecule has 2 aromatic heterocycles. The van der Waals surface area contributed by atoms with Gasteiger partial charge in [-0.1, -0.05) is 18.2 Å². The first kappa shape index (κ1) is 17.4. The number of hydrogen-bond donors (Lipinski definition) is 3. The summed E-state index contributed by atoms with van der Waals surface area (Å²) in [7, 11) is 0. The molecule has 2 aromatic rings. The Morgan fingerprint density at radius 3 is 2.92 bits per heavy atom. The van der Waals surface area contributed by atoms with E-state index in [1.807, 2.05) is 19.1 Å². The zero-order valence-corrected chi connectivity index (χ0v) is 14.3. The van der Waals surface area contributed by atoms with Crippen LogP contribution in [0.5, 0.6) is 0 Å². The molecule has 0 bridgehead atoms. The molecule has 0 atom stereocenters. The van der Waals surface area contributed by atoms with Crippen LogP contribution in [0.3, 0.4) is 0 Å². The largest absolute Gasteiger partial charge is 0.382 e. The van der Waals surface area contributed by atoms with Gasteiger partial charge in [0.2, 0.25) is 6.41 Å². The van der Waals surface area contributed by atoms with E-state index in [1.54, 1.807) is 22.9 Å². The molecule has 8 nitrogen and oxygen atoms in total. The summed E-state index contributed by atoms with van der Waals surface area (Å²) >= 11 is 0. The molecular weight excluding hydrogens is 332 g/mol. The lowest BCUT2D eigenvalue weighted by molar-refractivity contribution is -0.108. The van der Waals surface area contributed by atoms with Crippen LogP contribution in [0.4, 0.5) is 5.82 Å². The van der Waals surface area contributed by atoms with Crippen molar-refractivity contribution < 1.29 is 9.59 Å². The van der Waals surface area contributed by atoms with Crippen molar-refractivity contribution in [3.05, 3.63) is 54.2 Å². The van der Waals surface area contributed by atoms with E-state index in [-0.39, 0.29) is 17.8 Å². The van der Waals surface area contributed by atoms with Crippen LogP contribution in [0.15, 0.2) is 43.0 Å². The fourth-order valence-corrected chi connectivity index (χ4v) is 2.64. The Labute approximate surface area is 150 Å². The molecule has 1 fully saturated rings. The summed E-state index contributed by atoms with van der Waals surface area (Å²) in [6.07, 6.45) is 14.3. The molecule has 3 rings (SSSR count). The van der Waals surface area contributed by atoms with Gasteiger partial charge in [0.05, 0.1) is 5.56 Å². The smallest absolute Gasteiger partial charge is 0.253 e. The van der Waals surface area contributed by atoms with E-state index in [9.17, 15) is 9.59 Å². The topological polar surface area (TPSA) is 114 Å². The monoisotopic (exact) mass is 352 g/mol. The van der Waals surface area contributed by atoms with Crippen LogP contribution in [-0.4, -0.2) is 33.0 Å². The van der Waals surface area contributed by atoms with Crippen molar-refractivity contribution in [3.63, 3.8) is 0 Å². The second-order valence-electron chi connectivity index (χ2n) is 5.87. The molecule has 2 amide bonds. The van der Waals surface area contributed by atoms with Gasteiger partial charge in [-0.3, -0.25) is 9.59 Å². The number of nitrogens with zero attached hydrogens (tertiary/aromatic N) is 3. The number of nitrogens with two attached hydrogens (primary N) is 1. The third-order valence-corrected chi connectivity index (χ3v) is 3.93. The molecule has 0 saturated heterocycles. The highest BCUT2D eigenvalue weighted by atomic mass is 16.1. The number of nitrogen functional groups attached to an aromatic ring is 1. The van der Waals surface area contributed by atoms with Crippen LogP contribution >= 0.6 is 0 Å². The molecule has 1 aliphatic rings. The first-order valence-corrected chi connectivity index (χ1v) is 8.28. The number of fused-ring (bicyclic) bond motifs is 1. The molecular formula is C18H20N6O2. The first-order chi connectivity index (χ1) is 12.7. The normalized spacial score (nSPS) is 15.0. The second kappa shape index (κ2) is 7.64. The number of allylic oxidation sites excluding steroid dienone is 5. The fraction of sp³-hybridized carbons (Fsp3) is 0.222. The number of rotatable bonds is 7. The predicted molar refractivity (Wildman–Crippen MR) is 99.0 cm³/mol. The van der Waals surface area contributed by atoms with Crippen LogP contribution in [0.2, 0.25) is 0 Å². The summed E-state index contributed by atoms with van der Waals surface area (Å²) < 4.78 is 1.56. The molecule has 0 spiro atoms. The Bertz CT molecular complexity index is 921. The van der Waals surface area contributed by atoms with Gasteiger partial charge < -0.3 is 16.4 Å². The Hall–Kier alpha value is -3.42. The molecule has 1 saturated carbocycles. The molecule has 1 aliphatic carbocycles. The molecule has 0 aliphatic heterocycles. The summed E-state index contributed by atoms with van der Waals surface area (Å²) in [5.41, 5.74) is 8.50. The SMILES string of the molecule is C\C=C/C(=C\C=C\NC=O)c1c(C(=O)NC2CC2)cn2ncnc(N)c12. The Kier molecular flexibility index (Phi) is 5.12. The maximum atomic E-state index is 12.7. The maximum Gasteiger partial charge on any atom is 0.253 e. The summed E-state index contributed by atoms with van der Waals surface area (Å²) in [5.74, 6) is 0.115. The van der Waals surface area contributed by atoms with Crippen molar-refractivity contribution >= 4 is 29.2 Å². The quantitative estimate of drug-likeness (QED) is 0.515. The van der Waals surface area contributed by atoms with Crippen molar-refractivity contribution in [2.45, 2.75) is 25.8 Å². The second-order valence-corrected chi connectivity index (χ2v) is 5.87. The maximum absolute atomic E-state index is 12.7. The van der Waals surface area contributed by atoms with E-state index in [0.717, 1.165) is 18.4 Å². The lowest BCUT2D eigenvalue weighted by Crippen LogP contribution is -2.25. The van der Waals surface area contributed by atoms with E-state index in [2.05, 4.69) is 20.7 Å². The van der Waals surface area contributed by atoms with Gasteiger partial charge in [-0.15, -0.1) is 0 Å². The third-order valence-electron chi connectivity index (χ3n) is 3.93. The lowest BCUT2D eigenvalue weighted by Gasteiger charge is -2.07. The zero-order valence-electron chi connectivity index (χ0n) is 14.3. The number of carbonyl (C=O) groups is 2. The average Bonchev–Trinajstić information content (AvgIpc) is 3.34. The van der Waals surface area contributed by atoms with Crippen molar-refractivity contribution in [2.24, 2.45) is 0 Å². The minimum atomic E-state index is -0.169. The predicted octanol–water partition coefficient (Wildman–Crippen LogP) is 1.42. The molecule has 0 unspecified atom stereocenters. The standard InChI is InChI=1S/C18H20N6O2/c1-2-4-12(5-3-8-20-11-25)15-14(18(26)23-13-6-7-13)9-24-16(15)17(19)21-10-22-24/h2-5,8-11,13H,6-7H2,1H3,(H,20,25)(H,23,26)(H2,19,21,22)/b4-2-,8-3+,12-5+. The van der Waals surface area contributed by atoms with E-state index in [4.69, 9.17) is 5.73 Å². The molecule has 0 radical (unpaired) electrons. The van der Waals surface area contributed by atoms with E-state index in [0.29, 0.717) is 23.1 Å². The molecule has 2 heterocycles. The van der Waals surface area contributed by atoms with Gasteiger partial charge in [0, 0.05) is 24.0 Å². The highest BCUT2D eigenvalue weighted by Gasteiger charge is 2.27. The van der Waals surface area contributed by atoms with Crippen LogP contribution in [-0.2, 0) is 4.79 Å². The zero-order chi connectivity index (χ0) is 18.5. The van der Waals surface area contributed by atoms with Gasteiger partial charge in [0.15, 0.2) is 5.82 Å².